The van der Waals surface area contributed by atoms with Crippen LogP contribution >= 0.6 is 27.5 Å². The van der Waals surface area contributed by atoms with Gasteiger partial charge in [0.2, 0.25) is 10.0 Å². The van der Waals surface area contributed by atoms with E-state index in [4.69, 9.17) is 22.1 Å². The van der Waals surface area contributed by atoms with E-state index >= 15 is 0 Å². The molecule has 118 valence electrons. The van der Waals surface area contributed by atoms with Crippen LogP contribution in [-0.2, 0) is 10.0 Å². The van der Waals surface area contributed by atoms with Crippen LogP contribution in [0.1, 0.15) is 12.8 Å². The number of nitrogens with two attached hydrogens (primary N) is 1. The number of benzene rings is 1. The molecule has 0 amide bonds. The van der Waals surface area contributed by atoms with Crippen LogP contribution in [0.5, 0.6) is 5.75 Å². The molecule has 0 aromatic heterocycles. The number of nitrogens with zero attached hydrogens (tertiary/aromatic N) is 1. The molecule has 0 radical (unpaired) electrons. The summed E-state index contributed by atoms with van der Waals surface area (Å²) in [7, 11) is -0.749. The first-order valence-electron chi connectivity index (χ1n) is 6.54. The zero-order valence-electron chi connectivity index (χ0n) is 11.8. The molecule has 0 saturated heterocycles. The second kappa shape index (κ2) is 6.42. The van der Waals surface area contributed by atoms with Crippen LogP contribution in [0.3, 0.4) is 0 Å². The van der Waals surface area contributed by atoms with Crippen molar-refractivity contribution in [1.82, 2.24) is 4.31 Å². The van der Waals surface area contributed by atoms with Crippen molar-refractivity contribution in [3.05, 3.63) is 21.6 Å². The quantitative estimate of drug-likeness (QED) is 0.800. The summed E-state index contributed by atoms with van der Waals surface area (Å²) < 4.78 is 32.8. The second-order valence-corrected chi connectivity index (χ2v) is 8.34. The van der Waals surface area contributed by atoms with Gasteiger partial charge in [-0.2, -0.15) is 4.31 Å². The molecule has 1 atom stereocenters. The standard InChI is InChI=1S/C13H18BrClN2O3S/c1-17(11(7-16)8-3-4-8)21(18,19)12-6-9(15)5-10(14)13(12)20-2/h5-6,8,11H,3-4,7,16H2,1-2H3. The van der Waals surface area contributed by atoms with Gasteiger partial charge in [0.15, 0.2) is 5.75 Å². The van der Waals surface area contributed by atoms with Crippen molar-refractivity contribution in [3.8, 4) is 5.75 Å². The molecule has 1 aromatic rings. The van der Waals surface area contributed by atoms with Crippen LogP contribution in [0, 0.1) is 5.92 Å². The lowest BCUT2D eigenvalue weighted by Crippen LogP contribution is -2.43. The van der Waals surface area contributed by atoms with Gasteiger partial charge in [0.1, 0.15) is 4.90 Å². The molecule has 1 fully saturated rings. The molecular formula is C13H18BrClN2O3S. The maximum Gasteiger partial charge on any atom is 0.246 e. The fourth-order valence-electron chi connectivity index (χ4n) is 2.38. The number of hydrogen-bond acceptors (Lipinski definition) is 4. The van der Waals surface area contributed by atoms with Gasteiger partial charge in [0.05, 0.1) is 11.6 Å². The lowest BCUT2D eigenvalue weighted by Gasteiger charge is -2.27. The smallest absolute Gasteiger partial charge is 0.246 e. The second-order valence-electron chi connectivity index (χ2n) is 5.08. The summed E-state index contributed by atoms with van der Waals surface area (Å²) in [5.41, 5.74) is 5.75. The third kappa shape index (κ3) is 3.37. The maximum atomic E-state index is 12.9. The highest BCUT2D eigenvalue weighted by Gasteiger charge is 2.39. The molecule has 2 rings (SSSR count). The SMILES string of the molecule is COc1c(Br)cc(Cl)cc1S(=O)(=O)N(C)C(CN)C1CC1. The molecule has 5 nitrogen and oxygen atoms in total. The normalized spacial score (nSPS) is 17.0. The third-order valence-corrected chi connectivity index (χ3v) is 6.41. The fraction of sp³-hybridized carbons (Fsp3) is 0.538. The summed E-state index contributed by atoms with van der Waals surface area (Å²) >= 11 is 9.26. The van der Waals surface area contributed by atoms with Gasteiger partial charge in [-0.1, -0.05) is 11.6 Å². The number of hydrogen-bond donors (Lipinski definition) is 1. The Morgan fingerprint density at radius 2 is 2.14 bits per heavy atom. The van der Waals surface area contributed by atoms with E-state index in [0.717, 1.165) is 12.8 Å². The van der Waals surface area contributed by atoms with Crippen molar-refractivity contribution in [1.29, 1.82) is 0 Å². The monoisotopic (exact) mass is 396 g/mol. The summed E-state index contributed by atoms with van der Waals surface area (Å²) in [4.78, 5) is 0.0472. The third-order valence-electron chi connectivity index (χ3n) is 3.71. The first-order chi connectivity index (χ1) is 9.82. The molecule has 1 aliphatic rings. The summed E-state index contributed by atoms with van der Waals surface area (Å²) in [6, 6.07) is 2.80. The summed E-state index contributed by atoms with van der Waals surface area (Å²) in [6.45, 7) is 0.296. The molecule has 0 bridgehead atoms. The van der Waals surface area contributed by atoms with E-state index in [2.05, 4.69) is 15.9 Å². The van der Waals surface area contributed by atoms with Gasteiger partial charge in [-0.15, -0.1) is 0 Å². The molecule has 8 heteroatoms. The van der Waals surface area contributed by atoms with Crippen molar-refractivity contribution < 1.29 is 13.2 Å². The van der Waals surface area contributed by atoms with Gasteiger partial charge in [-0.3, -0.25) is 0 Å². The number of methoxy groups -OCH3 is 1. The molecule has 1 aliphatic carbocycles. The Labute approximate surface area is 138 Å². The average molecular weight is 398 g/mol. The molecule has 1 saturated carbocycles. The molecule has 0 spiro atoms. The number of halogens is 2. The predicted molar refractivity (Wildman–Crippen MR) is 86.2 cm³/mol. The minimum atomic E-state index is -3.73. The lowest BCUT2D eigenvalue weighted by molar-refractivity contribution is 0.337. The van der Waals surface area contributed by atoms with E-state index in [1.54, 1.807) is 13.1 Å². The van der Waals surface area contributed by atoms with Crippen molar-refractivity contribution in [2.24, 2.45) is 11.7 Å². The predicted octanol–water partition coefficient (Wildman–Crippen LogP) is 2.47. The van der Waals surface area contributed by atoms with Gasteiger partial charge >= 0.3 is 0 Å². The zero-order chi connectivity index (χ0) is 15.8. The van der Waals surface area contributed by atoms with E-state index in [1.165, 1.54) is 17.5 Å². The van der Waals surface area contributed by atoms with E-state index in [1.807, 2.05) is 0 Å². The highest BCUT2D eigenvalue weighted by atomic mass is 79.9. The molecular weight excluding hydrogens is 380 g/mol. The van der Waals surface area contributed by atoms with Crippen molar-refractivity contribution in [2.45, 2.75) is 23.8 Å². The van der Waals surface area contributed by atoms with Crippen LogP contribution in [0.4, 0.5) is 0 Å². The van der Waals surface area contributed by atoms with Gasteiger partial charge in [-0.25, -0.2) is 8.42 Å². The fourth-order valence-corrected chi connectivity index (χ4v) is 5.18. The van der Waals surface area contributed by atoms with Crippen LogP contribution < -0.4 is 10.5 Å². The maximum absolute atomic E-state index is 12.9. The van der Waals surface area contributed by atoms with Gasteiger partial charge in [0.25, 0.3) is 0 Å². The van der Waals surface area contributed by atoms with Crippen LogP contribution in [-0.4, -0.2) is 39.5 Å². The van der Waals surface area contributed by atoms with Crippen LogP contribution in [0.15, 0.2) is 21.5 Å². The Kier molecular flexibility index (Phi) is 5.20. The van der Waals surface area contributed by atoms with Gasteiger partial charge < -0.3 is 10.5 Å². The van der Waals surface area contributed by atoms with Crippen molar-refractivity contribution in [3.63, 3.8) is 0 Å². The van der Waals surface area contributed by atoms with E-state index in [9.17, 15) is 8.42 Å². The average Bonchev–Trinajstić information content (AvgIpc) is 3.23. The van der Waals surface area contributed by atoms with E-state index in [0.29, 0.717) is 22.0 Å². The highest BCUT2D eigenvalue weighted by molar-refractivity contribution is 9.10. The molecule has 21 heavy (non-hydrogen) atoms. The number of likely N-dealkylation sites (N-methyl/N-ethyl adjacent to an activating group) is 1. The minimum absolute atomic E-state index is 0.0472. The summed E-state index contributed by atoms with van der Waals surface area (Å²) in [6.07, 6.45) is 2.02. The lowest BCUT2D eigenvalue weighted by atomic mass is 10.2. The Morgan fingerprint density at radius 3 is 2.62 bits per heavy atom. The Hall–Kier alpha value is -0.340. The van der Waals surface area contributed by atoms with E-state index < -0.39 is 10.0 Å². The highest BCUT2D eigenvalue weighted by Crippen LogP contribution is 2.40. The molecule has 1 aromatic carbocycles. The van der Waals surface area contributed by atoms with E-state index in [-0.39, 0.29) is 16.7 Å². The number of rotatable bonds is 6. The summed E-state index contributed by atoms with van der Waals surface area (Å²) in [5, 5.41) is 0.324. The summed E-state index contributed by atoms with van der Waals surface area (Å²) in [5.74, 6) is 0.584. The van der Waals surface area contributed by atoms with Crippen molar-refractivity contribution in [2.75, 3.05) is 20.7 Å². The largest absolute Gasteiger partial charge is 0.494 e. The van der Waals surface area contributed by atoms with Crippen LogP contribution in [0.2, 0.25) is 5.02 Å². The molecule has 0 heterocycles. The molecule has 1 unspecified atom stereocenters. The number of sulfonamides is 1. The topological polar surface area (TPSA) is 72.6 Å². The number of ether oxygens (including phenoxy) is 1. The minimum Gasteiger partial charge on any atom is -0.494 e. The van der Waals surface area contributed by atoms with Gasteiger partial charge in [-0.05, 0) is 46.8 Å². The molecule has 2 N–H and O–H groups in total. The molecule has 0 aliphatic heterocycles. The Bertz CT molecular complexity index is 635. The first-order valence-corrected chi connectivity index (χ1v) is 9.15. The first kappa shape index (κ1) is 17.0. The zero-order valence-corrected chi connectivity index (χ0v) is 15.0. The Morgan fingerprint density at radius 1 is 1.52 bits per heavy atom. The van der Waals surface area contributed by atoms with Gasteiger partial charge in [0, 0.05) is 24.7 Å². The van der Waals surface area contributed by atoms with Crippen molar-refractivity contribution >= 4 is 37.6 Å². The van der Waals surface area contributed by atoms with Crippen LogP contribution in [0.25, 0.3) is 0 Å². The Balaban J connectivity index is 2.48.